The Kier molecular flexibility index (Phi) is 3.11. The van der Waals surface area contributed by atoms with E-state index in [1.165, 1.54) is 19.0 Å². The van der Waals surface area contributed by atoms with Crippen molar-refractivity contribution in [2.24, 2.45) is 5.92 Å². The number of hydrogen-bond acceptors (Lipinski definition) is 3. The number of H-pyrrole nitrogens is 1. The lowest BCUT2D eigenvalue weighted by molar-refractivity contribution is 0.0690. The van der Waals surface area contributed by atoms with Crippen molar-refractivity contribution in [3.05, 3.63) is 17.7 Å². The van der Waals surface area contributed by atoms with Gasteiger partial charge in [0, 0.05) is 6.54 Å². The van der Waals surface area contributed by atoms with Crippen LogP contribution in [0.5, 0.6) is 0 Å². The molecule has 2 amide bonds. The molecule has 20 heavy (non-hydrogen) atoms. The predicted molar refractivity (Wildman–Crippen MR) is 70.3 cm³/mol. The third-order valence-electron chi connectivity index (χ3n) is 4.07. The molecule has 0 unspecified atom stereocenters. The van der Waals surface area contributed by atoms with E-state index in [1.807, 2.05) is 0 Å². The summed E-state index contributed by atoms with van der Waals surface area (Å²) in [6, 6.07) is -0.204. The van der Waals surface area contributed by atoms with E-state index in [9.17, 15) is 9.59 Å². The van der Waals surface area contributed by atoms with Crippen LogP contribution in [0.15, 0.2) is 6.20 Å². The molecule has 0 bridgehead atoms. The first-order valence-corrected chi connectivity index (χ1v) is 6.94. The summed E-state index contributed by atoms with van der Waals surface area (Å²) in [5, 5.41) is 14.7. The number of aromatic amines is 1. The topological polar surface area (TPSA) is 107 Å². The van der Waals surface area contributed by atoms with E-state index >= 15 is 0 Å². The van der Waals surface area contributed by atoms with Gasteiger partial charge in [-0.2, -0.15) is 0 Å². The van der Waals surface area contributed by atoms with Gasteiger partial charge >= 0.3 is 12.0 Å². The molecule has 0 saturated heterocycles. The number of aromatic carboxylic acids is 1. The summed E-state index contributed by atoms with van der Waals surface area (Å²) >= 11 is 0. The normalized spacial score (nSPS) is 20.0. The van der Waals surface area contributed by atoms with Crippen LogP contribution in [0.2, 0.25) is 0 Å². The lowest BCUT2D eigenvalue weighted by Crippen LogP contribution is -2.54. The number of aromatic nitrogens is 2. The summed E-state index contributed by atoms with van der Waals surface area (Å²) in [6.07, 6.45) is 6.21. The monoisotopic (exact) mass is 278 g/mol. The largest absolute Gasteiger partial charge is 0.477 e. The Balaban J connectivity index is 1.66. The van der Waals surface area contributed by atoms with Crippen molar-refractivity contribution in [1.82, 2.24) is 20.6 Å². The Morgan fingerprint density at radius 3 is 2.70 bits per heavy atom. The number of carboxylic acids is 1. The maximum absolute atomic E-state index is 11.9. The highest BCUT2D eigenvalue weighted by Crippen LogP contribution is 2.39. The van der Waals surface area contributed by atoms with Gasteiger partial charge in [0.2, 0.25) is 0 Å². The maximum Gasteiger partial charge on any atom is 0.353 e. The number of nitrogens with one attached hydrogen (secondary N) is 3. The van der Waals surface area contributed by atoms with Crippen molar-refractivity contribution in [3.63, 3.8) is 0 Å². The van der Waals surface area contributed by atoms with Crippen LogP contribution in [0.1, 0.15) is 48.4 Å². The number of urea groups is 1. The van der Waals surface area contributed by atoms with E-state index in [-0.39, 0.29) is 11.7 Å². The highest BCUT2D eigenvalue weighted by molar-refractivity contribution is 5.85. The number of carbonyl (C=O) groups excluding carboxylic acids is 1. The van der Waals surface area contributed by atoms with E-state index in [2.05, 4.69) is 20.6 Å². The molecule has 2 aliphatic rings. The van der Waals surface area contributed by atoms with Crippen LogP contribution in [-0.4, -0.2) is 33.6 Å². The summed E-state index contributed by atoms with van der Waals surface area (Å²) in [4.78, 5) is 29.7. The number of carboxylic acid groups (broad SMARTS) is 1. The number of rotatable bonds is 5. The van der Waals surface area contributed by atoms with Crippen molar-refractivity contribution >= 4 is 12.0 Å². The second kappa shape index (κ2) is 4.81. The van der Waals surface area contributed by atoms with E-state index in [4.69, 9.17) is 5.11 Å². The minimum absolute atomic E-state index is 0.0477. The number of amides is 2. The van der Waals surface area contributed by atoms with Crippen LogP contribution in [0, 0.1) is 5.92 Å². The average molecular weight is 278 g/mol. The average Bonchev–Trinajstić information content (AvgIpc) is 3.06. The van der Waals surface area contributed by atoms with Gasteiger partial charge in [0.15, 0.2) is 0 Å². The minimum Gasteiger partial charge on any atom is -0.477 e. The van der Waals surface area contributed by atoms with E-state index in [0.717, 1.165) is 19.3 Å². The summed E-state index contributed by atoms with van der Waals surface area (Å²) in [5.41, 5.74) is -0.493. The molecule has 3 rings (SSSR count). The molecule has 7 nitrogen and oxygen atoms in total. The maximum atomic E-state index is 11.9. The molecule has 2 saturated carbocycles. The fourth-order valence-corrected chi connectivity index (χ4v) is 2.44. The highest BCUT2D eigenvalue weighted by Gasteiger charge is 2.43. The van der Waals surface area contributed by atoms with Crippen LogP contribution < -0.4 is 10.6 Å². The van der Waals surface area contributed by atoms with Gasteiger partial charge in [-0.1, -0.05) is 0 Å². The quantitative estimate of drug-likeness (QED) is 0.649. The molecule has 108 valence electrons. The molecule has 1 heterocycles. The Morgan fingerprint density at radius 2 is 2.20 bits per heavy atom. The number of imidazole rings is 1. The molecule has 0 atom stereocenters. The van der Waals surface area contributed by atoms with Gasteiger partial charge in [-0.3, -0.25) is 0 Å². The second-order valence-corrected chi connectivity index (χ2v) is 5.66. The highest BCUT2D eigenvalue weighted by atomic mass is 16.4. The molecule has 0 aliphatic heterocycles. The van der Waals surface area contributed by atoms with Gasteiger partial charge in [-0.15, -0.1) is 0 Å². The van der Waals surface area contributed by atoms with Crippen LogP contribution in [0.3, 0.4) is 0 Å². The lowest BCUT2D eigenvalue weighted by Gasteiger charge is -2.40. The van der Waals surface area contributed by atoms with Crippen molar-refractivity contribution in [2.75, 3.05) is 6.54 Å². The van der Waals surface area contributed by atoms with Crippen LogP contribution in [0.25, 0.3) is 0 Å². The molecule has 1 aromatic rings. The van der Waals surface area contributed by atoms with Gasteiger partial charge in [-0.05, 0) is 38.0 Å². The third-order valence-corrected chi connectivity index (χ3v) is 4.07. The molecular formula is C13H18N4O3. The molecule has 0 aromatic carbocycles. The van der Waals surface area contributed by atoms with Gasteiger partial charge in [0.05, 0.1) is 11.7 Å². The lowest BCUT2D eigenvalue weighted by atomic mass is 9.76. The van der Waals surface area contributed by atoms with Crippen LogP contribution >= 0.6 is 0 Å². The standard InChI is InChI=1S/C13H18N4O3/c18-10(19)9-7-14-11(16-9)13(4-1-5-13)17-12(20)15-6-8-2-3-8/h7-8H,1-6H2,(H,14,16)(H,18,19)(H2,15,17,20). The van der Waals surface area contributed by atoms with E-state index in [1.54, 1.807) is 0 Å². The van der Waals surface area contributed by atoms with E-state index < -0.39 is 11.5 Å². The number of nitrogens with zero attached hydrogens (tertiary/aromatic N) is 1. The molecule has 4 N–H and O–H groups in total. The molecule has 2 fully saturated rings. The van der Waals surface area contributed by atoms with Gasteiger partial charge in [0.25, 0.3) is 0 Å². The summed E-state index contributed by atoms with van der Waals surface area (Å²) < 4.78 is 0. The summed E-state index contributed by atoms with van der Waals surface area (Å²) in [6.45, 7) is 0.709. The Morgan fingerprint density at radius 1 is 1.45 bits per heavy atom. The second-order valence-electron chi connectivity index (χ2n) is 5.66. The first kappa shape index (κ1) is 13.0. The zero-order chi connectivity index (χ0) is 14.2. The van der Waals surface area contributed by atoms with Crippen LogP contribution in [-0.2, 0) is 5.54 Å². The smallest absolute Gasteiger partial charge is 0.353 e. The minimum atomic E-state index is -1.04. The molecule has 2 aliphatic carbocycles. The zero-order valence-corrected chi connectivity index (χ0v) is 11.1. The molecule has 0 spiro atoms. The number of carbonyl (C=O) groups is 2. The van der Waals surface area contributed by atoms with Gasteiger partial charge < -0.3 is 20.7 Å². The van der Waals surface area contributed by atoms with Crippen molar-refractivity contribution in [2.45, 2.75) is 37.6 Å². The first-order chi connectivity index (χ1) is 9.59. The third kappa shape index (κ3) is 2.48. The fourth-order valence-electron chi connectivity index (χ4n) is 2.44. The van der Waals surface area contributed by atoms with Crippen LogP contribution in [0.4, 0.5) is 4.79 Å². The molecular weight excluding hydrogens is 260 g/mol. The zero-order valence-electron chi connectivity index (χ0n) is 11.1. The van der Waals surface area contributed by atoms with Crippen molar-refractivity contribution in [1.29, 1.82) is 0 Å². The van der Waals surface area contributed by atoms with Crippen molar-refractivity contribution < 1.29 is 14.7 Å². The molecule has 0 radical (unpaired) electrons. The Labute approximate surface area is 116 Å². The molecule has 7 heteroatoms. The van der Waals surface area contributed by atoms with Crippen molar-refractivity contribution in [3.8, 4) is 0 Å². The van der Waals surface area contributed by atoms with Gasteiger partial charge in [0.1, 0.15) is 11.5 Å². The fraction of sp³-hybridized carbons (Fsp3) is 0.615. The molecule has 1 aromatic heterocycles. The predicted octanol–water partition coefficient (Wildman–Crippen LogP) is 1.20. The Hall–Kier alpha value is -2.05. The first-order valence-electron chi connectivity index (χ1n) is 6.94. The van der Waals surface area contributed by atoms with Gasteiger partial charge in [-0.25, -0.2) is 14.6 Å². The SMILES string of the molecule is O=C(NCC1CC1)NC1(c2ncc(C(=O)O)[nH]2)CCC1. The summed E-state index contributed by atoms with van der Waals surface area (Å²) in [5.74, 6) is 0.111. The summed E-state index contributed by atoms with van der Waals surface area (Å²) in [7, 11) is 0. The van der Waals surface area contributed by atoms with E-state index in [0.29, 0.717) is 18.3 Å². The number of hydrogen-bond donors (Lipinski definition) is 4. The Bertz CT molecular complexity index is 531.